The first-order valence-corrected chi connectivity index (χ1v) is 11.5. The maximum atomic E-state index is 13.0. The molecule has 0 bridgehead atoms. The van der Waals surface area contributed by atoms with Gasteiger partial charge in [0.1, 0.15) is 0 Å². The normalized spacial score (nSPS) is 16.1. The number of rotatable bonds is 6. The van der Waals surface area contributed by atoms with E-state index < -0.39 is 6.04 Å². The number of nitrogens with one attached hydrogen (secondary N) is 2. The van der Waals surface area contributed by atoms with Crippen molar-refractivity contribution < 1.29 is 4.79 Å². The molecule has 1 amide bonds. The molecular formula is C27H30ClN3O. The number of carbonyl (C=O) groups excluding carboxylic acids is 1. The third-order valence-electron chi connectivity index (χ3n) is 6.13. The number of nitrogens with two attached hydrogens (primary N) is 1. The van der Waals surface area contributed by atoms with Crippen LogP contribution in [0.5, 0.6) is 0 Å². The lowest BCUT2D eigenvalue weighted by molar-refractivity contribution is -0.123. The summed E-state index contributed by atoms with van der Waals surface area (Å²) in [5.74, 6) is -0.146. The summed E-state index contributed by atoms with van der Waals surface area (Å²) in [4.78, 5) is 13.0. The Kier molecular flexibility index (Phi) is 6.83. The minimum Gasteiger partial charge on any atom is -0.385 e. The Labute approximate surface area is 195 Å². The summed E-state index contributed by atoms with van der Waals surface area (Å²) in [6.07, 6.45) is 2.10. The van der Waals surface area contributed by atoms with Crippen LogP contribution in [-0.2, 0) is 17.6 Å². The lowest BCUT2D eigenvalue weighted by Gasteiger charge is -2.29. The molecule has 1 aliphatic heterocycles. The van der Waals surface area contributed by atoms with E-state index in [0.29, 0.717) is 11.4 Å². The molecule has 0 saturated heterocycles. The molecule has 0 aromatic heterocycles. The highest BCUT2D eigenvalue weighted by atomic mass is 35.5. The number of hydrogen-bond donors (Lipinski definition) is 3. The van der Waals surface area contributed by atoms with Crippen LogP contribution in [0.25, 0.3) is 0 Å². The number of fused-ring (bicyclic) bond motifs is 1. The average molecular weight is 448 g/mol. The first-order chi connectivity index (χ1) is 15.4. The van der Waals surface area contributed by atoms with Crippen molar-refractivity contribution in [2.75, 3.05) is 11.9 Å². The SMILES string of the molecule is Cc1cc(C)c(CC(N)C(=O)NC2CCNc3ccc(Cc4ccccc4)cc32)c(Cl)c1. The summed E-state index contributed by atoms with van der Waals surface area (Å²) in [5.41, 5.74) is 14.1. The Morgan fingerprint density at radius 1 is 1.12 bits per heavy atom. The van der Waals surface area contributed by atoms with Crippen LogP contribution in [0, 0.1) is 13.8 Å². The van der Waals surface area contributed by atoms with Crippen LogP contribution in [0.4, 0.5) is 5.69 Å². The number of hydrogen-bond acceptors (Lipinski definition) is 3. The molecule has 0 saturated carbocycles. The van der Waals surface area contributed by atoms with Gasteiger partial charge in [-0.25, -0.2) is 0 Å². The lowest BCUT2D eigenvalue weighted by Crippen LogP contribution is -2.44. The molecule has 1 heterocycles. The molecule has 0 radical (unpaired) electrons. The second-order valence-electron chi connectivity index (χ2n) is 8.71. The zero-order valence-electron chi connectivity index (χ0n) is 18.6. The van der Waals surface area contributed by atoms with E-state index in [9.17, 15) is 4.79 Å². The number of anilines is 1. The smallest absolute Gasteiger partial charge is 0.237 e. The Morgan fingerprint density at radius 2 is 1.91 bits per heavy atom. The fraction of sp³-hybridized carbons (Fsp3) is 0.296. The van der Waals surface area contributed by atoms with E-state index in [1.165, 1.54) is 11.1 Å². The second-order valence-corrected chi connectivity index (χ2v) is 9.12. The monoisotopic (exact) mass is 447 g/mol. The second kappa shape index (κ2) is 9.76. The Balaban J connectivity index is 1.48. The van der Waals surface area contributed by atoms with Crippen LogP contribution in [0.1, 0.15) is 45.8 Å². The molecule has 4 N–H and O–H groups in total. The van der Waals surface area contributed by atoms with Crippen LogP contribution in [-0.4, -0.2) is 18.5 Å². The fourth-order valence-corrected chi connectivity index (χ4v) is 4.85. The molecule has 1 aliphatic rings. The standard InChI is InChI=1S/C27H30ClN3O/c1-17-12-18(2)21(23(28)13-17)16-24(29)27(32)31-26-10-11-30-25-9-8-20(15-22(25)26)14-19-6-4-3-5-7-19/h3-9,12-13,15,24,26,30H,10-11,14,16,29H2,1-2H3,(H,31,32). The summed E-state index contributed by atoms with van der Waals surface area (Å²) >= 11 is 6.43. The minimum atomic E-state index is -0.653. The van der Waals surface area contributed by atoms with Crippen molar-refractivity contribution in [2.45, 2.75) is 45.2 Å². The van der Waals surface area contributed by atoms with Gasteiger partial charge in [-0.3, -0.25) is 4.79 Å². The molecule has 0 fully saturated rings. The predicted molar refractivity (Wildman–Crippen MR) is 132 cm³/mol. The largest absolute Gasteiger partial charge is 0.385 e. The van der Waals surface area contributed by atoms with E-state index in [1.54, 1.807) is 0 Å². The molecule has 0 spiro atoms. The minimum absolute atomic E-state index is 0.0601. The van der Waals surface area contributed by atoms with Crippen molar-refractivity contribution in [3.63, 3.8) is 0 Å². The molecule has 2 unspecified atom stereocenters. The van der Waals surface area contributed by atoms with Crippen molar-refractivity contribution in [2.24, 2.45) is 5.73 Å². The van der Waals surface area contributed by atoms with Gasteiger partial charge >= 0.3 is 0 Å². The van der Waals surface area contributed by atoms with Gasteiger partial charge in [-0.15, -0.1) is 0 Å². The number of aryl methyl sites for hydroxylation is 2. The quantitative estimate of drug-likeness (QED) is 0.493. The van der Waals surface area contributed by atoms with E-state index in [-0.39, 0.29) is 11.9 Å². The van der Waals surface area contributed by atoms with E-state index in [1.807, 2.05) is 26.0 Å². The number of amides is 1. The average Bonchev–Trinajstić information content (AvgIpc) is 2.77. The van der Waals surface area contributed by atoms with Gasteiger partial charge in [-0.1, -0.05) is 60.1 Å². The lowest BCUT2D eigenvalue weighted by atomic mass is 9.93. The molecular weight excluding hydrogens is 418 g/mol. The van der Waals surface area contributed by atoms with Crippen molar-refractivity contribution in [3.8, 4) is 0 Å². The van der Waals surface area contributed by atoms with E-state index in [0.717, 1.165) is 47.3 Å². The topological polar surface area (TPSA) is 67.2 Å². The third-order valence-corrected chi connectivity index (χ3v) is 6.47. The zero-order valence-corrected chi connectivity index (χ0v) is 19.4. The van der Waals surface area contributed by atoms with Crippen molar-refractivity contribution >= 4 is 23.2 Å². The van der Waals surface area contributed by atoms with Crippen LogP contribution >= 0.6 is 11.6 Å². The van der Waals surface area contributed by atoms with E-state index in [4.69, 9.17) is 17.3 Å². The fourth-order valence-electron chi connectivity index (χ4n) is 4.46. The molecule has 4 nitrogen and oxygen atoms in total. The predicted octanol–water partition coefficient (Wildman–Crippen LogP) is 5.09. The Hall–Kier alpha value is -2.82. The van der Waals surface area contributed by atoms with Crippen LogP contribution < -0.4 is 16.4 Å². The Morgan fingerprint density at radius 3 is 2.66 bits per heavy atom. The van der Waals surface area contributed by atoms with Gasteiger partial charge in [0.05, 0.1) is 12.1 Å². The Bertz CT molecular complexity index is 1090. The molecule has 5 heteroatoms. The summed E-state index contributed by atoms with van der Waals surface area (Å²) in [6, 6.07) is 20.2. The van der Waals surface area contributed by atoms with Crippen molar-refractivity contribution in [1.82, 2.24) is 5.32 Å². The van der Waals surface area contributed by atoms with Gasteiger partial charge in [0.2, 0.25) is 5.91 Å². The third kappa shape index (κ3) is 5.14. The maximum absolute atomic E-state index is 13.0. The molecule has 32 heavy (non-hydrogen) atoms. The highest BCUT2D eigenvalue weighted by Gasteiger charge is 2.25. The number of carbonyl (C=O) groups is 1. The van der Waals surface area contributed by atoms with Crippen molar-refractivity contribution in [3.05, 3.63) is 99.1 Å². The first-order valence-electron chi connectivity index (χ1n) is 11.1. The molecule has 0 aliphatic carbocycles. The van der Waals surface area contributed by atoms with Gasteiger partial charge in [0.25, 0.3) is 0 Å². The zero-order chi connectivity index (χ0) is 22.7. The highest BCUT2D eigenvalue weighted by Crippen LogP contribution is 2.31. The summed E-state index contributed by atoms with van der Waals surface area (Å²) in [5, 5.41) is 7.31. The van der Waals surface area contributed by atoms with Gasteiger partial charge in [-0.05, 0) is 78.6 Å². The van der Waals surface area contributed by atoms with Gasteiger partial charge in [0.15, 0.2) is 0 Å². The number of benzene rings is 3. The van der Waals surface area contributed by atoms with Gasteiger partial charge < -0.3 is 16.4 Å². The van der Waals surface area contributed by atoms with Crippen LogP contribution in [0.15, 0.2) is 60.7 Å². The molecule has 3 aromatic carbocycles. The summed E-state index contributed by atoms with van der Waals surface area (Å²) < 4.78 is 0. The molecule has 2 atom stereocenters. The van der Waals surface area contributed by atoms with Gasteiger partial charge in [0, 0.05) is 17.3 Å². The van der Waals surface area contributed by atoms with Gasteiger partial charge in [-0.2, -0.15) is 0 Å². The van der Waals surface area contributed by atoms with Crippen molar-refractivity contribution in [1.29, 1.82) is 0 Å². The van der Waals surface area contributed by atoms with Crippen LogP contribution in [0.3, 0.4) is 0 Å². The number of halogens is 1. The maximum Gasteiger partial charge on any atom is 0.237 e. The van der Waals surface area contributed by atoms with E-state index in [2.05, 4.69) is 59.2 Å². The molecule has 166 valence electrons. The summed E-state index contributed by atoms with van der Waals surface area (Å²) in [6.45, 7) is 4.83. The molecule has 4 rings (SSSR count). The summed E-state index contributed by atoms with van der Waals surface area (Å²) in [7, 11) is 0. The molecule has 3 aromatic rings. The highest BCUT2D eigenvalue weighted by molar-refractivity contribution is 6.31. The van der Waals surface area contributed by atoms with E-state index >= 15 is 0 Å². The first kappa shape index (κ1) is 22.4. The van der Waals surface area contributed by atoms with Crippen LogP contribution in [0.2, 0.25) is 5.02 Å².